The number of anilines is 4. The number of aryl methyl sites for hydroxylation is 1. The fraction of sp³-hybridized carbons (Fsp3) is 0.100. The third kappa shape index (κ3) is 4.22. The van der Waals surface area contributed by atoms with Gasteiger partial charge in [0.2, 0.25) is 5.95 Å². The zero-order valence-electron chi connectivity index (χ0n) is 14.4. The number of Topliss-reactive ketones (excluding diaryl/α,β-unsaturated/α-hetero) is 1. The van der Waals surface area contributed by atoms with Crippen LogP contribution >= 0.6 is 0 Å². The Morgan fingerprint density at radius 3 is 2.19 bits per heavy atom. The van der Waals surface area contributed by atoms with Gasteiger partial charge in [-0.15, -0.1) is 0 Å². The van der Waals surface area contributed by atoms with E-state index in [4.69, 9.17) is 5.26 Å². The number of hydrogen-bond donors (Lipinski definition) is 2. The van der Waals surface area contributed by atoms with Gasteiger partial charge in [0.15, 0.2) is 5.78 Å². The summed E-state index contributed by atoms with van der Waals surface area (Å²) in [5.41, 5.74) is 3.69. The standard InChI is InChI=1S/C20H17N5O/c1-13-11-19(23-17-9-5-16(6-10-17)14(2)26)25-20(22-13)24-18-7-3-15(12-21)4-8-18/h3-11H,1-2H3,(H2,22,23,24,25). The monoisotopic (exact) mass is 343 g/mol. The summed E-state index contributed by atoms with van der Waals surface area (Å²) in [7, 11) is 0. The van der Waals surface area contributed by atoms with Crippen molar-refractivity contribution >= 4 is 28.9 Å². The van der Waals surface area contributed by atoms with Crippen LogP contribution in [0.15, 0.2) is 54.6 Å². The molecule has 0 aliphatic rings. The van der Waals surface area contributed by atoms with Gasteiger partial charge >= 0.3 is 0 Å². The van der Waals surface area contributed by atoms with Crippen LogP contribution < -0.4 is 10.6 Å². The van der Waals surface area contributed by atoms with Crippen molar-refractivity contribution < 1.29 is 4.79 Å². The second kappa shape index (κ2) is 7.45. The molecule has 0 saturated heterocycles. The molecule has 0 aliphatic heterocycles. The van der Waals surface area contributed by atoms with E-state index in [1.54, 1.807) is 36.4 Å². The Bertz CT molecular complexity index is 973. The van der Waals surface area contributed by atoms with Crippen molar-refractivity contribution in [2.45, 2.75) is 13.8 Å². The summed E-state index contributed by atoms with van der Waals surface area (Å²) in [4.78, 5) is 20.2. The number of carbonyl (C=O) groups is 1. The number of benzene rings is 2. The molecule has 0 saturated carbocycles. The van der Waals surface area contributed by atoms with E-state index in [0.29, 0.717) is 22.9 Å². The minimum absolute atomic E-state index is 0.0309. The largest absolute Gasteiger partial charge is 0.340 e. The predicted octanol–water partition coefficient (Wildman–Crippen LogP) is 4.35. The fourth-order valence-electron chi connectivity index (χ4n) is 2.38. The number of aromatic nitrogens is 2. The van der Waals surface area contributed by atoms with Crippen LogP contribution in [0.4, 0.5) is 23.1 Å². The van der Waals surface area contributed by atoms with E-state index in [9.17, 15) is 4.79 Å². The quantitative estimate of drug-likeness (QED) is 0.669. The number of nitrogens with one attached hydrogen (secondary N) is 2. The molecule has 0 bridgehead atoms. The number of rotatable bonds is 5. The normalized spacial score (nSPS) is 10.0. The summed E-state index contributed by atoms with van der Waals surface area (Å²) < 4.78 is 0. The van der Waals surface area contributed by atoms with E-state index in [1.807, 2.05) is 25.1 Å². The molecule has 26 heavy (non-hydrogen) atoms. The van der Waals surface area contributed by atoms with Crippen molar-refractivity contribution in [3.8, 4) is 6.07 Å². The van der Waals surface area contributed by atoms with E-state index < -0.39 is 0 Å². The van der Waals surface area contributed by atoms with Crippen molar-refractivity contribution in [2.75, 3.05) is 10.6 Å². The van der Waals surface area contributed by atoms with Crippen LogP contribution in [-0.4, -0.2) is 15.8 Å². The van der Waals surface area contributed by atoms with E-state index in [1.165, 1.54) is 6.92 Å². The van der Waals surface area contributed by atoms with Gasteiger partial charge in [-0.25, -0.2) is 4.98 Å². The van der Waals surface area contributed by atoms with Gasteiger partial charge in [0.05, 0.1) is 11.6 Å². The molecule has 0 amide bonds. The van der Waals surface area contributed by atoms with Gasteiger partial charge in [0.1, 0.15) is 5.82 Å². The molecule has 6 nitrogen and oxygen atoms in total. The van der Waals surface area contributed by atoms with Crippen molar-refractivity contribution in [1.29, 1.82) is 5.26 Å². The van der Waals surface area contributed by atoms with E-state index in [-0.39, 0.29) is 5.78 Å². The summed E-state index contributed by atoms with van der Waals surface area (Å²) in [6.07, 6.45) is 0. The molecule has 0 fully saturated rings. The molecule has 0 radical (unpaired) electrons. The molecule has 128 valence electrons. The zero-order valence-corrected chi connectivity index (χ0v) is 14.4. The molecule has 6 heteroatoms. The smallest absolute Gasteiger partial charge is 0.229 e. The lowest BCUT2D eigenvalue weighted by atomic mass is 10.1. The van der Waals surface area contributed by atoms with Crippen LogP contribution in [0.1, 0.15) is 28.5 Å². The highest BCUT2D eigenvalue weighted by Crippen LogP contribution is 2.20. The summed E-state index contributed by atoms with van der Waals surface area (Å²) in [6.45, 7) is 3.42. The average molecular weight is 343 g/mol. The van der Waals surface area contributed by atoms with Gasteiger partial charge in [-0.1, -0.05) is 0 Å². The van der Waals surface area contributed by atoms with Gasteiger partial charge < -0.3 is 10.6 Å². The second-order valence-electron chi connectivity index (χ2n) is 5.79. The Hall–Kier alpha value is -3.72. The zero-order chi connectivity index (χ0) is 18.5. The highest BCUT2D eigenvalue weighted by atomic mass is 16.1. The molecule has 2 N–H and O–H groups in total. The number of carbonyl (C=O) groups excluding carboxylic acids is 1. The minimum atomic E-state index is 0.0309. The van der Waals surface area contributed by atoms with Crippen molar-refractivity contribution in [2.24, 2.45) is 0 Å². The van der Waals surface area contributed by atoms with Gasteiger partial charge in [0, 0.05) is 28.7 Å². The molecule has 0 aliphatic carbocycles. The lowest BCUT2D eigenvalue weighted by Crippen LogP contribution is -2.02. The molecule has 1 aromatic heterocycles. The molecule has 2 aromatic carbocycles. The van der Waals surface area contributed by atoms with Crippen LogP contribution in [-0.2, 0) is 0 Å². The number of nitriles is 1. The van der Waals surface area contributed by atoms with E-state index >= 15 is 0 Å². The summed E-state index contributed by atoms with van der Waals surface area (Å²) in [5.74, 6) is 1.13. The lowest BCUT2D eigenvalue weighted by molar-refractivity contribution is 0.101. The number of ketones is 1. The summed E-state index contributed by atoms with van der Waals surface area (Å²) >= 11 is 0. The number of hydrogen-bond acceptors (Lipinski definition) is 6. The molecule has 0 unspecified atom stereocenters. The number of nitrogens with zero attached hydrogens (tertiary/aromatic N) is 3. The first kappa shape index (κ1) is 17.1. The Labute approximate surface area is 151 Å². The topological polar surface area (TPSA) is 90.7 Å². The highest BCUT2D eigenvalue weighted by molar-refractivity contribution is 5.94. The van der Waals surface area contributed by atoms with Crippen LogP contribution in [0.3, 0.4) is 0 Å². The predicted molar refractivity (Wildman–Crippen MR) is 101 cm³/mol. The maximum Gasteiger partial charge on any atom is 0.229 e. The minimum Gasteiger partial charge on any atom is -0.340 e. The first-order valence-electron chi connectivity index (χ1n) is 8.04. The van der Waals surface area contributed by atoms with E-state index in [2.05, 4.69) is 26.7 Å². The van der Waals surface area contributed by atoms with Gasteiger partial charge in [-0.2, -0.15) is 10.2 Å². The third-order valence-electron chi connectivity index (χ3n) is 3.69. The average Bonchev–Trinajstić information content (AvgIpc) is 2.62. The lowest BCUT2D eigenvalue weighted by Gasteiger charge is -2.10. The van der Waals surface area contributed by atoms with Crippen molar-refractivity contribution in [3.63, 3.8) is 0 Å². The Morgan fingerprint density at radius 2 is 1.58 bits per heavy atom. The Morgan fingerprint density at radius 1 is 0.962 bits per heavy atom. The van der Waals surface area contributed by atoms with Gasteiger partial charge in [0.25, 0.3) is 0 Å². The maximum absolute atomic E-state index is 11.4. The molecule has 3 rings (SSSR count). The van der Waals surface area contributed by atoms with Crippen molar-refractivity contribution in [3.05, 3.63) is 71.4 Å². The first-order valence-corrected chi connectivity index (χ1v) is 8.04. The first-order chi connectivity index (χ1) is 12.5. The molecular weight excluding hydrogens is 326 g/mol. The molecule has 3 aromatic rings. The maximum atomic E-state index is 11.4. The SMILES string of the molecule is CC(=O)c1ccc(Nc2cc(C)nc(Nc3ccc(C#N)cc3)n2)cc1. The van der Waals surface area contributed by atoms with E-state index in [0.717, 1.165) is 17.1 Å². The molecular formula is C20H17N5O. The summed E-state index contributed by atoms with van der Waals surface area (Å²) in [6, 6.07) is 18.2. The van der Waals surface area contributed by atoms with Crippen LogP contribution in [0.2, 0.25) is 0 Å². The van der Waals surface area contributed by atoms with Crippen molar-refractivity contribution in [1.82, 2.24) is 9.97 Å². The van der Waals surface area contributed by atoms with Gasteiger partial charge in [-0.05, 0) is 62.4 Å². The van der Waals surface area contributed by atoms with Gasteiger partial charge in [-0.3, -0.25) is 4.79 Å². The molecule has 0 spiro atoms. The Balaban J connectivity index is 1.78. The van der Waals surface area contributed by atoms with Crippen LogP contribution in [0.5, 0.6) is 0 Å². The highest BCUT2D eigenvalue weighted by Gasteiger charge is 2.05. The second-order valence-corrected chi connectivity index (χ2v) is 5.79. The Kier molecular flexibility index (Phi) is 4.90. The third-order valence-corrected chi connectivity index (χ3v) is 3.69. The molecule has 0 atom stereocenters. The van der Waals surface area contributed by atoms with Crippen LogP contribution in [0, 0.1) is 18.3 Å². The fourth-order valence-corrected chi connectivity index (χ4v) is 2.38. The summed E-state index contributed by atoms with van der Waals surface area (Å²) in [5, 5.41) is 15.2. The molecule has 1 heterocycles. The van der Waals surface area contributed by atoms with Crippen LogP contribution in [0.25, 0.3) is 0 Å².